The topological polar surface area (TPSA) is 89.4 Å². The van der Waals surface area contributed by atoms with Gasteiger partial charge in [0.25, 0.3) is 0 Å². The lowest BCUT2D eigenvalue weighted by Crippen LogP contribution is -2.43. The molecule has 0 saturated carbocycles. The highest BCUT2D eigenvalue weighted by Gasteiger charge is 2.21. The average Bonchev–Trinajstić information content (AvgIpc) is 2.15. The van der Waals surface area contributed by atoms with E-state index in [0.29, 0.717) is 19.5 Å². The highest BCUT2D eigenvalue weighted by Crippen LogP contribution is 2.05. The highest BCUT2D eigenvalue weighted by atomic mass is 16.2. The van der Waals surface area contributed by atoms with Crippen molar-refractivity contribution >= 4 is 11.8 Å². The molecule has 0 aliphatic carbocycles. The smallest absolute Gasteiger partial charge is 0.237 e. The summed E-state index contributed by atoms with van der Waals surface area (Å²) in [6.45, 7) is 4.48. The molecule has 1 unspecified atom stereocenters. The van der Waals surface area contributed by atoms with Gasteiger partial charge in [0, 0.05) is 13.1 Å². The van der Waals surface area contributed by atoms with Crippen LogP contribution in [0.25, 0.3) is 0 Å². The van der Waals surface area contributed by atoms with Gasteiger partial charge in [0.1, 0.15) is 0 Å². The second kappa shape index (κ2) is 6.37. The van der Waals surface area contributed by atoms with E-state index < -0.39 is 5.91 Å². The zero-order valence-corrected chi connectivity index (χ0v) is 8.82. The number of hydrogen-bond acceptors (Lipinski definition) is 3. The zero-order valence-electron chi connectivity index (χ0n) is 8.82. The van der Waals surface area contributed by atoms with Gasteiger partial charge in [-0.1, -0.05) is 6.92 Å². The number of nitrogens with two attached hydrogens (primary N) is 2. The van der Waals surface area contributed by atoms with E-state index in [1.54, 1.807) is 0 Å². The summed E-state index contributed by atoms with van der Waals surface area (Å²) >= 11 is 0. The van der Waals surface area contributed by atoms with Crippen molar-refractivity contribution < 1.29 is 9.59 Å². The van der Waals surface area contributed by atoms with Crippen LogP contribution in [-0.4, -0.2) is 36.3 Å². The van der Waals surface area contributed by atoms with E-state index in [-0.39, 0.29) is 18.4 Å². The quantitative estimate of drug-likeness (QED) is 0.595. The Balaban J connectivity index is 4.35. The molecule has 0 aromatic rings. The van der Waals surface area contributed by atoms with Gasteiger partial charge in [0.2, 0.25) is 11.8 Å². The fraction of sp³-hybridized carbons (Fsp3) is 0.778. The van der Waals surface area contributed by atoms with Gasteiger partial charge < -0.3 is 16.4 Å². The van der Waals surface area contributed by atoms with Gasteiger partial charge in [0.15, 0.2) is 0 Å². The Bertz CT molecular complexity index is 202. The molecule has 0 spiro atoms. The Morgan fingerprint density at radius 1 is 1.36 bits per heavy atom. The van der Waals surface area contributed by atoms with Gasteiger partial charge >= 0.3 is 0 Å². The molecule has 0 aliphatic heterocycles. The second-order valence-electron chi connectivity index (χ2n) is 3.16. The SMILES string of the molecule is CCC(CN)C(=O)N(CC)CC(N)=O. The summed E-state index contributed by atoms with van der Waals surface area (Å²) in [5.41, 5.74) is 10.5. The Labute approximate surface area is 84.4 Å². The largest absolute Gasteiger partial charge is 0.368 e. The molecule has 0 bridgehead atoms. The molecule has 0 aliphatic rings. The maximum Gasteiger partial charge on any atom is 0.237 e. The first kappa shape index (κ1) is 12.9. The van der Waals surface area contributed by atoms with Crippen molar-refractivity contribution in [2.75, 3.05) is 19.6 Å². The molecule has 2 amide bonds. The van der Waals surface area contributed by atoms with Crippen molar-refractivity contribution in [2.45, 2.75) is 20.3 Å². The van der Waals surface area contributed by atoms with Gasteiger partial charge in [-0.15, -0.1) is 0 Å². The van der Waals surface area contributed by atoms with Crippen LogP contribution in [0.1, 0.15) is 20.3 Å². The monoisotopic (exact) mass is 201 g/mol. The molecule has 0 radical (unpaired) electrons. The van der Waals surface area contributed by atoms with Crippen LogP contribution in [-0.2, 0) is 9.59 Å². The first-order chi connectivity index (χ1) is 6.56. The number of likely N-dealkylation sites (N-methyl/N-ethyl adjacent to an activating group) is 1. The van der Waals surface area contributed by atoms with Crippen molar-refractivity contribution in [3.05, 3.63) is 0 Å². The Morgan fingerprint density at radius 2 is 1.93 bits per heavy atom. The molecule has 0 saturated heterocycles. The van der Waals surface area contributed by atoms with Crippen LogP contribution < -0.4 is 11.5 Å². The van der Waals surface area contributed by atoms with Crippen LogP contribution in [0.2, 0.25) is 0 Å². The molecule has 14 heavy (non-hydrogen) atoms. The minimum atomic E-state index is -0.493. The van der Waals surface area contributed by atoms with E-state index >= 15 is 0 Å². The number of carbonyl (C=O) groups excluding carboxylic acids is 2. The number of rotatable bonds is 6. The van der Waals surface area contributed by atoms with E-state index in [4.69, 9.17) is 11.5 Å². The fourth-order valence-corrected chi connectivity index (χ4v) is 1.23. The molecule has 4 N–H and O–H groups in total. The molecule has 0 fully saturated rings. The average molecular weight is 201 g/mol. The second-order valence-corrected chi connectivity index (χ2v) is 3.16. The van der Waals surface area contributed by atoms with Crippen LogP contribution in [0.3, 0.4) is 0 Å². The van der Waals surface area contributed by atoms with Gasteiger partial charge in [-0.3, -0.25) is 9.59 Å². The van der Waals surface area contributed by atoms with Gasteiger partial charge in [0.05, 0.1) is 12.5 Å². The van der Waals surface area contributed by atoms with Crippen molar-refractivity contribution in [3.63, 3.8) is 0 Å². The lowest BCUT2D eigenvalue weighted by atomic mass is 10.1. The molecule has 0 rings (SSSR count). The molecule has 0 aromatic carbocycles. The van der Waals surface area contributed by atoms with Crippen LogP contribution >= 0.6 is 0 Å². The van der Waals surface area contributed by atoms with Gasteiger partial charge in [-0.25, -0.2) is 0 Å². The molecular weight excluding hydrogens is 182 g/mol. The van der Waals surface area contributed by atoms with Crippen molar-refractivity contribution in [3.8, 4) is 0 Å². The summed E-state index contributed by atoms with van der Waals surface area (Å²) in [6.07, 6.45) is 0.685. The minimum Gasteiger partial charge on any atom is -0.368 e. The van der Waals surface area contributed by atoms with E-state index in [1.165, 1.54) is 4.90 Å². The standard InChI is InChI=1S/C9H19N3O2/c1-3-7(5-10)9(14)12(4-2)6-8(11)13/h7H,3-6,10H2,1-2H3,(H2,11,13). The van der Waals surface area contributed by atoms with Gasteiger partial charge in [-0.2, -0.15) is 0 Å². The van der Waals surface area contributed by atoms with Crippen molar-refractivity contribution in [2.24, 2.45) is 17.4 Å². The number of carbonyl (C=O) groups is 2. The number of primary amides is 1. The lowest BCUT2D eigenvalue weighted by Gasteiger charge is -2.23. The van der Waals surface area contributed by atoms with Crippen LogP contribution in [0.4, 0.5) is 0 Å². The normalized spacial score (nSPS) is 12.2. The number of hydrogen-bond donors (Lipinski definition) is 2. The van der Waals surface area contributed by atoms with Crippen molar-refractivity contribution in [1.29, 1.82) is 0 Å². The predicted octanol–water partition coefficient (Wildman–Crippen LogP) is -0.695. The molecule has 5 nitrogen and oxygen atoms in total. The highest BCUT2D eigenvalue weighted by molar-refractivity contribution is 5.85. The predicted molar refractivity (Wildman–Crippen MR) is 54.3 cm³/mol. The summed E-state index contributed by atoms with van der Waals surface area (Å²) in [7, 11) is 0. The summed E-state index contributed by atoms with van der Waals surface area (Å²) in [4.78, 5) is 23.8. The summed E-state index contributed by atoms with van der Waals surface area (Å²) in [5.74, 6) is -0.780. The maximum atomic E-state index is 11.7. The molecule has 0 heterocycles. The van der Waals surface area contributed by atoms with Crippen LogP contribution in [0.5, 0.6) is 0 Å². The molecule has 1 atom stereocenters. The number of nitrogens with zero attached hydrogens (tertiary/aromatic N) is 1. The Morgan fingerprint density at radius 3 is 2.21 bits per heavy atom. The van der Waals surface area contributed by atoms with Crippen molar-refractivity contribution in [1.82, 2.24) is 4.90 Å². The van der Waals surface area contributed by atoms with Gasteiger partial charge in [-0.05, 0) is 13.3 Å². The van der Waals surface area contributed by atoms with Crippen LogP contribution in [0.15, 0.2) is 0 Å². The zero-order chi connectivity index (χ0) is 11.1. The fourth-order valence-electron chi connectivity index (χ4n) is 1.23. The Hall–Kier alpha value is -1.10. The molecule has 82 valence electrons. The third kappa shape index (κ3) is 3.74. The van der Waals surface area contributed by atoms with E-state index in [0.717, 1.165) is 0 Å². The summed E-state index contributed by atoms with van der Waals surface area (Å²) in [5, 5.41) is 0. The minimum absolute atomic E-state index is 0.0220. The third-order valence-corrected chi connectivity index (χ3v) is 2.17. The molecule has 5 heteroatoms. The van der Waals surface area contributed by atoms with E-state index in [2.05, 4.69) is 0 Å². The first-order valence-corrected chi connectivity index (χ1v) is 4.83. The van der Waals surface area contributed by atoms with E-state index in [9.17, 15) is 9.59 Å². The molecule has 0 aromatic heterocycles. The lowest BCUT2D eigenvalue weighted by molar-refractivity contribution is -0.138. The van der Waals surface area contributed by atoms with E-state index in [1.807, 2.05) is 13.8 Å². The first-order valence-electron chi connectivity index (χ1n) is 4.83. The van der Waals surface area contributed by atoms with Crippen LogP contribution in [0, 0.1) is 5.92 Å². The molecular formula is C9H19N3O2. The maximum absolute atomic E-state index is 11.7. The Kier molecular flexibility index (Phi) is 5.87. The number of amides is 2. The third-order valence-electron chi connectivity index (χ3n) is 2.17. The summed E-state index contributed by atoms with van der Waals surface area (Å²) < 4.78 is 0. The summed E-state index contributed by atoms with van der Waals surface area (Å²) in [6, 6.07) is 0.